The van der Waals surface area contributed by atoms with Gasteiger partial charge in [0.15, 0.2) is 17.8 Å². The SMILES string of the molecule is O=Cc1cc(Br)ccc1Sc1ccc2c(c1)OCCO2. The second kappa shape index (κ2) is 5.89. The molecule has 1 aliphatic heterocycles. The lowest BCUT2D eigenvalue weighted by molar-refractivity contribution is 0.112. The molecule has 102 valence electrons. The third-order valence-corrected chi connectivity index (χ3v) is 4.41. The molecule has 0 N–H and O–H groups in total. The van der Waals surface area contributed by atoms with Crippen LogP contribution in [0.4, 0.5) is 0 Å². The van der Waals surface area contributed by atoms with Gasteiger partial charge in [-0.15, -0.1) is 0 Å². The van der Waals surface area contributed by atoms with E-state index in [0.717, 1.165) is 32.0 Å². The quantitative estimate of drug-likeness (QED) is 0.777. The minimum atomic E-state index is 0.568. The van der Waals surface area contributed by atoms with E-state index in [1.165, 1.54) is 11.8 Å². The summed E-state index contributed by atoms with van der Waals surface area (Å²) in [5.41, 5.74) is 0.666. The number of hydrogen-bond donors (Lipinski definition) is 0. The fraction of sp³-hybridized carbons (Fsp3) is 0.133. The van der Waals surface area contributed by atoms with E-state index in [0.29, 0.717) is 18.8 Å². The van der Waals surface area contributed by atoms with Crippen molar-refractivity contribution in [2.75, 3.05) is 13.2 Å². The van der Waals surface area contributed by atoms with Gasteiger partial charge in [0.25, 0.3) is 0 Å². The van der Waals surface area contributed by atoms with Crippen LogP contribution in [0.2, 0.25) is 0 Å². The first-order chi connectivity index (χ1) is 9.76. The highest BCUT2D eigenvalue weighted by Gasteiger charge is 2.13. The molecule has 20 heavy (non-hydrogen) atoms. The normalized spacial score (nSPS) is 13.1. The zero-order valence-corrected chi connectivity index (χ0v) is 12.9. The van der Waals surface area contributed by atoms with Gasteiger partial charge in [0.05, 0.1) is 0 Å². The minimum absolute atomic E-state index is 0.568. The molecule has 0 bridgehead atoms. The van der Waals surface area contributed by atoms with E-state index in [-0.39, 0.29) is 0 Å². The third-order valence-electron chi connectivity index (χ3n) is 2.84. The Balaban J connectivity index is 1.89. The number of ether oxygens (including phenoxy) is 2. The summed E-state index contributed by atoms with van der Waals surface area (Å²) in [4.78, 5) is 13.1. The van der Waals surface area contributed by atoms with Crippen LogP contribution in [0.15, 0.2) is 50.7 Å². The van der Waals surface area contributed by atoms with E-state index in [2.05, 4.69) is 15.9 Å². The summed E-state index contributed by atoms with van der Waals surface area (Å²) >= 11 is 4.90. The van der Waals surface area contributed by atoms with Gasteiger partial charge in [-0.05, 0) is 36.4 Å². The Labute approximate surface area is 129 Å². The average Bonchev–Trinajstić information content (AvgIpc) is 2.49. The van der Waals surface area contributed by atoms with Crippen LogP contribution in [0.5, 0.6) is 11.5 Å². The summed E-state index contributed by atoms with van der Waals surface area (Å²) in [6.07, 6.45) is 0.866. The third kappa shape index (κ3) is 2.83. The number of aldehydes is 1. The van der Waals surface area contributed by atoms with Gasteiger partial charge in [0.1, 0.15) is 13.2 Å². The number of carbonyl (C=O) groups is 1. The lowest BCUT2D eigenvalue weighted by Crippen LogP contribution is -2.15. The molecule has 0 aromatic heterocycles. The van der Waals surface area contributed by atoms with Crippen molar-refractivity contribution in [3.8, 4) is 11.5 Å². The number of carbonyl (C=O) groups excluding carboxylic acids is 1. The smallest absolute Gasteiger partial charge is 0.162 e. The molecule has 1 aliphatic rings. The first kappa shape index (κ1) is 13.5. The molecule has 0 aliphatic carbocycles. The lowest BCUT2D eigenvalue weighted by atomic mass is 10.2. The highest BCUT2D eigenvalue weighted by atomic mass is 79.9. The summed E-state index contributed by atoms with van der Waals surface area (Å²) in [5, 5.41) is 0. The maximum Gasteiger partial charge on any atom is 0.162 e. The molecular weight excluding hydrogens is 340 g/mol. The Kier molecular flexibility index (Phi) is 3.98. The Morgan fingerprint density at radius 3 is 2.65 bits per heavy atom. The number of rotatable bonds is 3. The van der Waals surface area contributed by atoms with Gasteiger partial charge in [-0.1, -0.05) is 27.7 Å². The van der Waals surface area contributed by atoms with Crippen LogP contribution in [-0.2, 0) is 0 Å². The number of fused-ring (bicyclic) bond motifs is 1. The molecule has 0 saturated carbocycles. The highest BCUT2D eigenvalue weighted by Crippen LogP contribution is 2.38. The highest BCUT2D eigenvalue weighted by molar-refractivity contribution is 9.10. The first-order valence-corrected chi connectivity index (χ1v) is 7.69. The van der Waals surface area contributed by atoms with Crippen molar-refractivity contribution in [3.05, 3.63) is 46.4 Å². The standard InChI is InChI=1S/C15H11BrO3S/c16-11-1-4-15(10(7-11)9-17)20-12-2-3-13-14(8-12)19-6-5-18-13/h1-4,7-9H,5-6H2. The van der Waals surface area contributed by atoms with Crippen molar-refractivity contribution < 1.29 is 14.3 Å². The molecule has 0 saturated heterocycles. The van der Waals surface area contributed by atoms with E-state index in [1.807, 2.05) is 36.4 Å². The molecule has 0 radical (unpaired) electrons. The summed E-state index contributed by atoms with van der Waals surface area (Å²) in [5.74, 6) is 1.53. The predicted molar refractivity (Wildman–Crippen MR) is 81.1 cm³/mol. The van der Waals surface area contributed by atoms with E-state index < -0.39 is 0 Å². The van der Waals surface area contributed by atoms with Crippen LogP contribution < -0.4 is 9.47 Å². The lowest BCUT2D eigenvalue weighted by Gasteiger charge is -2.18. The Morgan fingerprint density at radius 2 is 1.85 bits per heavy atom. The van der Waals surface area contributed by atoms with Gasteiger partial charge in [-0.3, -0.25) is 4.79 Å². The van der Waals surface area contributed by atoms with E-state index in [1.54, 1.807) is 0 Å². The van der Waals surface area contributed by atoms with Crippen molar-refractivity contribution >= 4 is 34.0 Å². The molecule has 3 nitrogen and oxygen atoms in total. The van der Waals surface area contributed by atoms with Gasteiger partial charge in [-0.25, -0.2) is 0 Å². The number of halogens is 1. The number of benzene rings is 2. The van der Waals surface area contributed by atoms with Crippen LogP contribution in [0, 0.1) is 0 Å². The molecule has 0 fully saturated rings. The van der Waals surface area contributed by atoms with Gasteiger partial charge in [0, 0.05) is 19.8 Å². The molecule has 0 unspecified atom stereocenters. The second-order valence-electron chi connectivity index (χ2n) is 4.21. The molecule has 2 aromatic rings. The summed E-state index contributed by atoms with van der Waals surface area (Å²) < 4.78 is 11.9. The zero-order chi connectivity index (χ0) is 13.9. The maximum atomic E-state index is 11.1. The number of hydrogen-bond acceptors (Lipinski definition) is 4. The molecule has 0 amide bonds. The minimum Gasteiger partial charge on any atom is -0.486 e. The molecule has 0 spiro atoms. The van der Waals surface area contributed by atoms with Crippen LogP contribution in [0.25, 0.3) is 0 Å². The van der Waals surface area contributed by atoms with Gasteiger partial charge < -0.3 is 9.47 Å². The largest absolute Gasteiger partial charge is 0.486 e. The molecular formula is C15H11BrO3S. The van der Waals surface area contributed by atoms with Crippen LogP contribution in [0.1, 0.15) is 10.4 Å². The Hall–Kier alpha value is -1.46. The molecule has 0 atom stereocenters. The van der Waals surface area contributed by atoms with Crippen molar-refractivity contribution in [2.24, 2.45) is 0 Å². The van der Waals surface area contributed by atoms with Crippen molar-refractivity contribution in [3.63, 3.8) is 0 Å². The fourth-order valence-electron chi connectivity index (χ4n) is 1.92. The van der Waals surface area contributed by atoms with Crippen molar-refractivity contribution in [1.29, 1.82) is 0 Å². The van der Waals surface area contributed by atoms with E-state index in [9.17, 15) is 4.79 Å². The van der Waals surface area contributed by atoms with Crippen LogP contribution in [0.3, 0.4) is 0 Å². The van der Waals surface area contributed by atoms with Crippen LogP contribution >= 0.6 is 27.7 Å². The first-order valence-electron chi connectivity index (χ1n) is 6.08. The topological polar surface area (TPSA) is 35.5 Å². The molecule has 2 aromatic carbocycles. The second-order valence-corrected chi connectivity index (χ2v) is 6.24. The van der Waals surface area contributed by atoms with Gasteiger partial charge in [-0.2, -0.15) is 0 Å². The van der Waals surface area contributed by atoms with Gasteiger partial charge >= 0.3 is 0 Å². The summed E-state index contributed by atoms with van der Waals surface area (Å²) in [7, 11) is 0. The zero-order valence-electron chi connectivity index (χ0n) is 10.5. The monoisotopic (exact) mass is 350 g/mol. The molecule has 1 heterocycles. The van der Waals surface area contributed by atoms with E-state index in [4.69, 9.17) is 9.47 Å². The molecule has 5 heteroatoms. The predicted octanol–water partition coefficient (Wildman–Crippen LogP) is 4.18. The van der Waals surface area contributed by atoms with Crippen LogP contribution in [-0.4, -0.2) is 19.5 Å². The average molecular weight is 351 g/mol. The van der Waals surface area contributed by atoms with Crippen molar-refractivity contribution in [2.45, 2.75) is 9.79 Å². The summed E-state index contributed by atoms with van der Waals surface area (Å²) in [6.45, 7) is 1.15. The fourth-order valence-corrected chi connectivity index (χ4v) is 3.21. The Bertz CT molecular complexity index is 658. The van der Waals surface area contributed by atoms with Crippen molar-refractivity contribution in [1.82, 2.24) is 0 Å². The maximum absolute atomic E-state index is 11.1. The van der Waals surface area contributed by atoms with E-state index >= 15 is 0 Å². The van der Waals surface area contributed by atoms with Gasteiger partial charge in [0.2, 0.25) is 0 Å². The summed E-state index contributed by atoms with van der Waals surface area (Å²) in [6, 6.07) is 11.5. The molecule has 3 rings (SSSR count). The Morgan fingerprint density at radius 1 is 1.05 bits per heavy atom.